The molecule has 0 saturated carbocycles. The highest BCUT2D eigenvalue weighted by Crippen LogP contribution is 2.40. The summed E-state index contributed by atoms with van der Waals surface area (Å²) >= 11 is 0. The van der Waals surface area contributed by atoms with Crippen LogP contribution in [0.25, 0.3) is 10.9 Å². The third kappa shape index (κ3) is 2.80. The zero-order valence-corrected chi connectivity index (χ0v) is 16.1. The van der Waals surface area contributed by atoms with Crippen LogP contribution < -0.4 is 0 Å². The summed E-state index contributed by atoms with van der Waals surface area (Å²) in [5.41, 5.74) is 0.863. The Morgan fingerprint density at radius 3 is 2.46 bits per heavy atom. The van der Waals surface area contributed by atoms with Crippen LogP contribution in [0.3, 0.4) is 0 Å². The van der Waals surface area contributed by atoms with Crippen LogP contribution in [0.15, 0.2) is 59.6 Å². The number of Topliss-reactive ketones (excluding diaryl/α,β-unsaturated/α-hetero) is 1. The molecule has 0 N–H and O–H groups in total. The van der Waals surface area contributed by atoms with E-state index in [1.807, 2.05) is 30.3 Å². The number of carbonyl (C=O) groups excluding carboxylic acids is 2. The fourth-order valence-electron chi connectivity index (χ4n) is 4.13. The zero-order chi connectivity index (χ0) is 19.9. The second kappa shape index (κ2) is 6.55. The molecule has 1 aliphatic rings. The first-order chi connectivity index (χ1) is 13.4. The Morgan fingerprint density at radius 2 is 1.79 bits per heavy atom. The second-order valence-electron chi connectivity index (χ2n) is 7.09. The lowest BCUT2D eigenvalue weighted by Crippen LogP contribution is -2.43. The maximum absolute atomic E-state index is 13.6. The van der Waals surface area contributed by atoms with Crippen molar-refractivity contribution in [2.24, 2.45) is 4.99 Å². The van der Waals surface area contributed by atoms with Crippen molar-refractivity contribution in [2.75, 3.05) is 6.26 Å². The first kappa shape index (κ1) is 18.3. The number of aromatic nitrogens is 1. The van der Waals surface area contributed by atoms with E-state index in [1.54, 1.807) is 30.3 Å². The summed E-state index contributed by atoms with van der Waals surface area (Å²) in [6.45, 7) is 0. The lowest BCUT2D eigenvalue weighted by Gasteiger charge is -2.31. The van der Waals surface area contributed by atoms with Crippen LogP contribution >= 0.6 is 0 Å². The van der Waals surface area contributed by atoms with E-state index in [9.17, 15) is 18.0 Å². The molecule has 7 heteroatoms. The van der Waals surface area contributed by atoms with Gasteiger partial charge in [-0.15, -0.1) is 0 Å². The molecule has 0 unspecified atom stereocenters. The minimum Gasteiger partial charge on any atom is -0.291 e. The fraction of sp³-hybridized carbons (Fsp3) is 0.238. The normalized spacial score (nSPS) is 19.2. The van der Waals surface area contributed by atoms with E-state index in [4.69, 9.17) is 0 Å². The number of ketones is 1. The third-order valence-corrected chi connectivity index (χ3v) is 6.36. The molecule has 142 valence electrons. The molecule has 0 radical (unpaired) electrons. The first-order valence-electron chi connectivity index (χ1n) is 8.88. The van der Waals surface area contributed by atoms with E-state index < -0.39 is 15.6 Å². The fourth-order valence-corrected chi connectivity index (χ4v) is 5.23. The van der Waals surface area contributed by atoms with Crippen LogP contribution in [0.2, 0.25) is 0 Å². The molecule has 1 heterocycles. The minimum absolute atomic E-state index is 0.245. The van der Waals surface area contributed by atoms with Crippen molar-refractivity contribution in [1.82, 2.24) is 3.97 Å². The molecule has 0 fully saturated rings. The highest BCUT2D eigenvalue weighted by Gasteiger charge is 2.46. The van der Waals surface area contributed by atoms with Crippen molar-refractivity contribution >= 4 is 32.8 Å². The van der Waals surface area contributed by atoms with Crippen LogP contribution in [0, 0.1) is 0 Å². The SMILES string of the molecule is CS(=O)(=O)n1c2c(c3ccccc31)C(=O)[C@](Cc1ccccc1)(N=C=O)CC2. The van der Waals surface area contributed by atoms with Gasteiger partial charge < -0.3 is 0 Å². The van der Waals surface area contributed by atoms with E-state index >= 15 is 0 Å². The zero-order valence-electron chi connectivity index (χ0n) is 15.3. The monoisotopic (exact) mass is 394 g/mol. The van der Waals surface area contributed by atoms with Gasteiger partial charge in [0.1, 0.15) is 5.54 Å². The quantitative estimate of drug-likeness (QED) is 0.503. The van der Waals surface area contributed by atoms with Crippen LogP contribution in [0.1, 0.15) is 28.0 Å². The van der Waals surface area contributed by atoms with Gasteiger partial charge in [0, 0.05) is 17.5 Å². The number of para-hydroxylation sites is 1. The second-order valence-corrected chi connectivity index (χ2v) is 8.92. The number of nitrogens with zero attached hydrogens (tertiary/aromatic N) is 2. The average Bonchev–Trinajstić information content (AvgIpc) is 3.01. The summed E-state index contributed by atoms with van der Waals surface area (Å²) in [6, 6.07) is 16.3. The molecular formula is C21H18N2O4S. The summed E-state index contributed by atoms with van der Waals surface area (Å²) < 4.78 is 26.1. The molecule has 0 amide bonds. The lowest BCUT2D eigenvalue weighted by atomic mass is 9.75. The summed E-state index contributed by atoms with van der Waals surface area (Å²) in [6.07, 6.45) is 3.53. The van der Waals surface area contributed by atoms with Crippen LogP contribution in [0.4, 0.5) is 0 Å². The van der Waals surface area contributed by atoms with Gasteiger partial charge in [-0.1, -0.05) is 48.5 Å². The van der Waals surface area contributed by atoms with E-state index in [0.29, 0.717) is 28.6 Å². The highest BCUT2D eigenvalue weighted by atomic mass is 32.2. The van der Waals surface area contributed by atoms with Crippen molar-refractivity contribution in [3.8, 4) is 0 Å². The number of hydrogen-bond donors (Lipinski definition) is 0. The molecular weight excluding hydrogens is 376 g/mol. The number of hydrogen-bond acceptors (Lipinski definition) is 5. The van der Waals surface area contributed by atoms with Gasteiger partial charge in [-0.25, -0.2) is 17.2 Å². The van der Waals surface area contributed by atoms with Gasteiger partial charge in [0.05, 0.1) is 17.3 Å². The molecule has 1 aliphatic carbocycles. The molecule has 0 bridgehead atoms. The van der Waals surface area contributed by atoms with Gasteiger partial charge in [-0.3, -0.25) is 4.79 Å². The topological polar surface area (TPSA) is 85.6 Å². The summed E-state index contributed by atoms with van der Waals surface area (Å²) in [5, 5.41) is 0.561. The van der Waals surface area contributed by atoms with Gasteiger partial charge in [0.25, 0.3) is 0 Å². The molecule has 0 aliphatic heterocycles. The molecule has 0 spiro atoms. The van der Waals surface area contributed by atoms with Gasteiger partial charge >= 0.3 is 0 Å². The van der Waals surface area contributed by atoms with Crippen LogP contribution in [-0.2, 0) is 27.7 Å². The predicted octanol–water partition coefficient (Wildman–Crippen LogP) is 2.90. The Kier molecular flexibility index (Phi) is 4.29. The summed E-state index contributed by atoms with van der Waals surface area (Å²) in [7, 11) is -3.60. The van der Waals surface area contributed by atoms with Gasteiger partial charge in [0.15, 0.2) is 5.78 Å². The Bertz CT molecular complexity index is 1240. The molecule has 1 aromatic heterocycles. The van der Waals surface area contributed by atoms with Gasteiger partial charge in [-0.05, 0) is 24.5 Å². The molecule has 2 aromatic carbocycles. The van der Waals surface area contributed by atoms with Crippen molar-refractivity contribution < 1.29 is 18.0 Å². The molecule has 6 nitrogen and oxygen atoms in total. The minimum atomic E-state index is -3.60. The smallest absolute Gasteiger partial charge is 0.236 e. The summed E-state index contributed by atoms with van der Waals surface area (Å²) in [4.78, 5) is 28.8. The molecule has 4 rings (SSSR count). The number of rotatable bonds is 4. The van der Waals surface area contributed by atoms with Crippen LogP contribution in [0.5, 0.6) is 0 Å². The number of fused-ring (bicyclic) bond motifs is 3. The van der Waals surface area contributed by atoms with Gasteiger partial charge in [0.2, 0.25) is 16.1 Å². The molecule has 0 saturated heterocycles. The molecule has 3 aromatic rings. The third-order valence-electron chi connectivity index (χ3n) is 5.28. The lowest BCUT2D eigenvalue weighted by molar-refractivity contribution is 0.0869. The van der Waals surface area contributed by atoms with E-state index in [2.05, 4.69) is 4.99 Å². The molecule has 1 atom stereocenters. The largest absolute Gasteiger partial charge is 0.291 e. The highest BCUT2D eigenvalue weighted by molar-refractivity contribution is 7.89. The van der Waals surface area contributed by atoms with E-state index in [-0.39, 0.29) is 18.6 Å². The van der Waals surface area contributed by atoms with Crippen molar-refractivity contribution in [3.05, 3.63) is 71.4 Å². The number of benzene rings is 2. The molecule has 28 heavy (non-hydrogen) atoms. The standard InChI is InChI=1S/C21H18N2O4S/c1-28(26,27)23-17-10-6-5-9-16(17)19-18(23)11-12-21(20(19)25,22-14-24)13-15-7-3-2-4-8-15/h2-10H,11-13H2,1H3/t21-/m0/s1. The Hall–Kier alpha value is -3.02. The maximum Gasteiger partial charge on any atom is 0.236 e. The first-order valence-corrected chi connectivity index (χ1v) is 10.7. The van der Waals surface area contributed by atoms with Crippen molar-refractivity contribution in [2.45, 2.75) is 24.8 Å². The van der Waals surface area contributed by atoms with Gasteiger partial charge in [-0.2, -0.15) is 4.99 Å². The predicted molar refractivity (Wildman–Crippen MR) is 106 cm³/mol. The van der Waals surface area contributed by atoms with Crippen molar-refractivity contribution in [1.29, 1.82) is 0 Å². The number of aliphatic imine (C=N–C) groups is 1. The summed E-state index contributed by atoms with van der Waals surface area (Å²) in [5.74, 6) is -0.334. The Morgan fingerprint density at radius 1 is 1.11 bits per heavy atom. The number of isocyanates is 1. The maximum atomic E-state index is 13.6. The average molecular weight is 394 g/mol. The van der Waals surface area contributed by atoms with E-state index in [1.165, 1.54) is 3.97 Å². The van der Waals surface area contributed by atoms with Crippen LogP contribution in [-0.4, -0.2) is 36.0 Å². The number of carbonyl (C=O) groups is 1. The van der Waals surface area contributed by atoms with Crippen molar-refractivity contribution in [3.63, 3.8) is 0 Å². The van der Waals surface area contributed by atoms with E-state index in [0.717, 1.165) is 11.8 Å². The Balaban J connectivity index is 1.96. The Labute approximate surface area is 162 Å².